The Kier molecular flexibility index (Phi) is 13.2. The van der Waals surface area contributed by atoms with E-state index in [1.807, 2.05) is 11.8 Å². The van der Waals surface area contributed by atoms with E-state index in [4.69, 9.17) is 4.99 Å². The van der Waals surface area contributed by atoms with Crippen LogP contribution in [0.4, 0.5) is 0 Å². The van der Waals surface area contributed by atoms with E-state index < -0.39 is 0 Å². The third kappa shape index (κ3) is 9.05. The molecule has 1 heterocycles. The number of unbranched alkanes of at least 4 members (excludes halogenated alkanes) is 1. The van der Waals surface area contributed by atoms with Gasteiger partial charge in [-0.2, -0.15) is 11.8 Å². The lowest BCUT2D eigenvalue weighted by atomic mass is 10.0. The quantitative estimate of drug-likeness (QED) is 0.225. The zero-order valence-corrected chi connectivity index (χ0v) is 20.3. The van der Waals surface area contributed by atoms with Gasteiger partial charge in [-0.05, 0) is 57.1 Å². The summed E-state index contributed by atoms with van der Waals surface area (Å²) < 4.78 is 0. The summed E-state index contributed by atoms with van der Waals surface area (Å²) in [4.78, 5) is 7.35. The molecule has 1 fully saturated rings. The van der Waals surface area contributed by atoms with Crippen molar-refractivity contribution in [3.63, 3.8) is 0 Å². The van der Waals surface area contributed by atoms with Crippen LogP contribution in [0.1, 0.15) is 51.1 Å². The van der Waals surface area contributed by atoms with Crippen molar-refractivity contribution in [2.45, 2.75) is 51.6 Å². The first-order valence-corrected chi connectivity index (χ1v) is 11.5. The number of guanidine groups is 1. The van der Waals surface area contributed by atoms with Gasteiger partial charge in [-0.25, -0.2) is 0 Å². The Morgan fingerprint density at radius 1 is 1.22 bits per heavy atom. The van der Waals surface area contributed by atoms with E-state index in [2.05, 4.69) is 66.0 Å². The number of likely N-dealkylation sites (tertiary alicyclic amines) is 1. The zero-order chi connectivity index (χ0) is 18.6. The highest BCUT2D eigenvalue weighted by molar-refractivity contribution is 14.0. The van der Waals surface area contributed by atoms with Gasteiger partial charge in [0.2, 0.25) is 0 Å². The summed E-state index contributed by atoms with van der Waals surface area (Å²) in [5, 5.41) is 7.05. The number of nitrogens with one attached hydrogen (secondary N) is 2. The maximum Gasteiger partial charge on any atom is 0.191 e. The molecule has 1 aliphatic heterocycles. The minimum Gasteiger partial charge on any atom is -0.357 e. The Bertz CT molecular complexity index is 518. The number of rotatable bonds is 9. The van der Waals surface area contributed by atoms with Gasteiger partial charge >= 0.3 is 0 Å². The number of nitrogens with zero attached hydrogens (tertiary/aromatic N) is 2. The topological polar surface area (TPSA) is 39.7 Å². The van der Waals surface area contributed by atoms with Gasteiger partial charge in [-0.3, -0.25) is 9.89 Å². The average molecular weight is 505 g/mol. The third-order valence-electron chi connectivity index (χ3n) is 5.07. The maximum atomic E-state index is 4.75. The monoisotopic (exact) mass is 504 g/mol. The third-order valence-corrected chi connectivity index (χ3v) is 5.77. The summed E-state index contributed by atoms with van der Waals surface area (Å²) in [6, 6.07) is 11.9. The molecule has 2 rings (SSSR count). The highest BCUT2D eigenvalue weighted by Crippen LogP contribution is 2.23. The first-order chi connectivity index (χ1) is 12.7. The van der Waals surface area contributed by atoms with Crippen LogP contribution in [0.3, 0.4) is 0 Å². The van der Waals surface area contributed by atoms with Crippen LogP contribution in [0.5, 0.6) is 0 Å². The summed E-state index contributed by atoms with van der Waals surface area (Å²) >= 11 is 1.92. The molecule has 154 valence electrons. The van der Waals surface area contributed by atoms with Crippen molar-refractivity contribution < 1.29 is 0 Å². The second-order valence-corrected chi connectivity index (χ2v) is 7.99. The van der Waals surface area contributed by atoms with Crippen LogP contribution in [0.15, 0.2) is 35.3 Å². The maximum absolute atomic E-state index is 4.75. The molecule has 0 amide bonds. The molecule has 0 aromatic heterocycles. The highest BCUT2D eigenvalue weighted by atomic mass is 127. The molecule has 0 saturated carbocycles. The Labute approximate surface area is 187 Å². The molecule has 2 N–H and O–H groups in total. The molecule has 1 aromatic rings. The van der Waals surface area contributed by atoms with Gasteiger partial charge in [-0.15, -0.1) is 24.0 Å². The number of aliphatic imine (C=N–C) groups is 1. The van der Waals surface area contributed by atoms with Crippen LogP contribution in [0, 0.1) is 0 Å². The smallest absolute Gasteiger partial charge is 0.191 e. The zero-order valence-electron chi connectivity index (χ0n) is 17.1. The minimum absolute atomic E-state index is 0. The van der Waals surface area contributed by atoms with Crippen molar-refractivity contribution in [2.75, 3.05) is 38.2 Å². The molecule has 1 aliphatic rings. The minimum atomic E-state index is 0. The molecule has 0 aliphatic carbocycles. The number of piperidine rings is 1. The van der Waals surface area contributed by atoms with Crippen molar-refractivity contribution >= 4 is 41.7 Å². The van der Waals surface area contributed by atoms with Crippen LogP contribution in [0.2, 0.25) is 0 Å². The summed E-state index contributed by atoms with van der Waals surface area (Å²) in [5.41, 5.74) is 1.42. The Balaban J connectivity index is 0.00000364. The molecule has 4 nitrogen and oxygen atoms in total. The van der Waals surface area contributed by atoms with E-state index in [0.717, 1.165) is 32.1 Å². The van der Waals surface area contributed by atoms with E-state index in [0.29, 0.717) is 12.1 Å². The van der Waals surface area contributed by atoms with Crippen LogP contribution >= 0.6 is 35.7 Å². The lowest BCUT2D eigenvalue weighted by molar-refractivity contribution is 0.158. The summed E-state index contributed by atoms with van der Waals surface area (Å²) in [5.74, 6) is 2.23. The molecule has 0 radical (unpaired) electrons. The standard InChI is InChI=1S/C21H36N4S.HI/c1-4-22-21(23-14-8-9-17-26-3)24-20-12-15-25(16-13-20)18(2)19-10-6-5-7-11-19;/h5-7,10-11,18,20H,4,8-9,12-17H2,1-3H3,(H2,22,23,24);1H. The molecule has 27 heavy (non-hydrogen) atoms. The van der Waals surface area contributed by atoms with Crippen molar-refractivity contribution in [1.82, 2.24) is 15.5 Å². The fraction of sp³-hybridized carbons (Fsp3) is 0.667. The first kappa shape index (κ1) is 24.6. The molecule has 1 aromatic carbocycles. The van der Waals surface area contributed by atoms with E-state index in [1.54, 1.807) is 0 Å². The molecule has 0 bridgehead atoms. The van der Waals surface area contributed by atoms with Gasteiger partial charge in [0.1, 0.15) is 0 Å². The van der Waals surface area contributed by atoms with Crippen LogP contribution in [0.25, 0.3) is 0 Å². The Morgan fingerprint density at radius 2 is 1.93 bits per heavy atom. The molecule has 6 heteroatoms. The van der Waals surface area contributed by atoms with Crippen molar-refractivity contribution in [3.8, 4) is 0 Å². The highest BCUT2D eigenvalue weighted by Gasteiger charge is 2.23. The van der Waals surface area contributed by atoms with E-state index in [1.165, 1.54) is 37.0 Å². The number of halogens is 1. The van der Waals surface area contributed by atoms with Gasteiger partial charge in [-0.1, -0.05) is 30.3 Å². The van der Waals surface area contributed by atoms with E-state index in [-0.39, 0.29) is 24.0 Å². The largest absolute Gasteiger partial charge is 0.357 e. The molecule has 1 unspecified atom stereocenters. The lowest BCUT2D eigenvalue weighted by Crippen LogP contribution is -2.49. The second kappa shape index (κ2) is 14.5. The number of hydrogen-bond acceptors (Lipinski definition) is 3. The molecular weight excluding hydrogens is 467 g/mol. The average Bonchev–Trinajstić information content (AvgIpc) is 2.68. The second-order valence-electron chi connectivity index (χ2n) is 7.00. The molecular formula is C21H37IN4S. The first-order valence-electron chi connectivity index (χ1n) is 10.1. The molecule has 0 spiro atoms. The predicted octanol–water partition coefficient (Wildman–Crippen LogP) is 4.53. The van der Waals surface area contributed by atoms with Gasteiger partial charge in [0, 0.05) is 38.3 Å². The van der Waals surface area contributed by atoms with Crippen molar-refractivity contribution in [1.29, 1.82) is 0 Å². The van der Waals surface area contributed by atoms with Crippen LogP contribution < -0.4 is 10.6 Å². The van der Waals surface area contributed by atoms with Gasteiger partial charge in [0.15, 0.2) is 5.96 Å². The van der Waals surface area contributed by atoms with E-state index >= 15 is 0 Å². The number of benzene rings is 1. The predicted molar refractivity (Wildman–Crippen MR) is 132 cm³/mol. The van der Waals surface area contributed by atoms with E-state index in [9.17, 15) is 0 Å². The fourth-order valence-electron chi connectivity index (χ4n) is 3.44. The van der Waals surface area contributed by atoms with Gasteiger partial charge in [0.25, 0.3) is 0 Å². The SMILES string of the molecule is CCNC(=NCCCCSC)NC1CCN(C(C)c2ccccc2)CC1.I. The summed E-state index contributed by atoms with van der Waals surface area (Å²) in [7, 11) is 0. The molecule has 1 atom stereocenters. The summed E-state index contributed by atoms with van der Waals surface area (Å²) in [6.45, 7) is 8.57. The Morgan fingerprint density at radius 3 is 2.56 bits per heavy atom. The van der Waals surface area contributed by atoms with Crippen LogP contribution in [-0.4, -0.2) is 55.1 Å². The lowest BCUT2D eigenvalue weighted by Gasteiger charge is -2.37. The van der Waals surface area contributed by atoms with Crippen LogP contribution in [-0.2, 0) is 0 Å². The van der Waals surface area contributed by atoms with Crippen molar-refractivity contribution in [3.05, 3.63) is 35.9 Å². The number of hydrogen-bond donors (Lipinski definition) is 2. The van der Waals surface area contributed by atoms with Gasteiger partial charge < -0.3 is 10.6 Å². The van der Waals surface area contributed by atoms with Gasteiger partial charge in [0.05, 0.1) is 0 Å². The normalized spacial score (nSPS) is 17.2. The summed E-state index contributed by atoms with van der Waals surface area (Å²) in [6.07, 6.45) is 6.94. The van der Waals surface area contributed by atoms with Crippen molar-refractivity contribution in [2.24, 2.45) is 4.99 Å². The Hall–Kier alpha value is -0.470. The number of thioether (sulfide) groups is 1. The fourth-order valence-corrected chi connectivity index (χ4v) is 3.93. The molecule has 1 saturated heterocycles.